The summed E-state index contributed by atoms with van der Waals surface area (Å²) in [7, 11) is 0. The van der Waals surface area contributed by atoms with Crippen LogP contribution in [0.1, 0.15) is 44.7 Å². The van der Waals surface area contributed by atoms with E-state index in [0.717, 1.165) is 25.9 Å². The van der Waals surface area contributed by atoms with Crippen LogP contribution in [-0.2, 0) is 16.1 Å². The van der Waals surface area contributed by atoms with Gasteiger partial charge in [-0.3, -0.25) is 14.9 Å². The number of nitrogens with zero attached hydrogens (tertiary/aromatic N) is 2. The van der Waals surface area contributed by atoms with Gasteiger partial charge >= 0.3 is 5.97 Å². The minimum absolute atomic E-state index is 0.00495. The molecular formula is C18H24N2O4. The van der Waals surface area contributed by atoms with E-state index < -0.39 is 10.3 Å². The Morgan fingerprint density at radius 2 is 2.00 bits per heavy atom. The van der Waals surface area contributed by atoms with Gasteiger partial charge in [-0.25, -0.2) is 0 Å². The molecule has 0 bridgehead atoms. The molecule has 0 spiro atoms. The van der Waals surface area contributed by atoms with Crippen molar-refractivity contribution in [3.8, 4) is 0 Å². The third kappa shape index (κ3) is 4.57. The minimum atomic E-state index is -0.637. The number of nitro groups is 1. The molecule has 0 amide bonds. The molecule has 1 heterocycles. The highest BCUT2D eigenvalue weighted by atomic mass is 16.6. The molecule has 1 aromatic carbocycles. The summed E-state index contributed by atoms with van der Waals surface area (Å²) < 4.78 is 5.24. The molecule has 0 unspecified atom stereocenters. The van der Waals surface area contributed by atoms with Crippen LogP contribution in [0.15, 0.2) is 24.4 Å². The molecule has 1 aliphatic heterocycles. The number of likely N-dealkylation sites (tertiary alicyclic amines) is 1. The van der Waals surface area contributed by atoms with E-state index in [-0.39, 0.29) is 18.3 Å². The first-order valence-corrected chi connectivity index (χ1v) is 8.15. The van der Waals surface area contributed by atoms with Gasteiger partial charge in [-0.15, -0.1) is 0 Å². The van der Waals surface area contributed by atoms with Crippen LogP contribution in [0.5, 0.6) is 0 Å². The molecule has 0 N–H and O–H groups in total. The van der Waals surface area contributed by atoms with Crippen LogP contribution in [0.2, 0.25) is 0 Å². The maximum atomic E-state index is 11.9. The minimum Gasteiger partial charge on any atom is -0.460 e. The van der Waals surface area contributed by atoms with Crippen molar-refractivity contribution in [1.82, 2.24) is 4.90 Å². The summed E-state index contributed by atoms with van der Waals surface area (Å²) in [5.41, 5.74) is 0.286. The number of rotatable bonds is 5. The maximum absolute atomic E-state index is 11.9. The van der Waals surface area contributed by atoms with Crippen LogP contribution in [-0.4, -0.2) is 28.9 Å². The fraction of sp³-hybridized carbons (Fsp3) is 0.500. The fourth-order valence-electron chi connectivity index (χ4n) is 2.52. The molecule has 0 radical (unpaired) electrons. The van der Waals surface area contributed by atoms with Crippen molar-refractivity contribution in [2.24, 2.45) is 5.41 Å². The molecule has 0 aromatic heterocycles. The SMILES string of the molecule is CC(C)(C)C(=O)OCc1cccc(/C=C/N2CCCC2)c1[N+](=O)[O-]. The van der Waals surface area contributed by atoms with E-state index in [4.69, 9.17) is 4.74 Å². The van der Waals surface area contributed by atoms with E-state index in [2.05, 4.69) is 4.90 Å². The van der Waals surface area contributed by atoms with Gasteiger partial charge < -0.3 is 9.64 Å². The third-order valence-electron chi connectivity index (χ3n) is 3.91. The van der Waals surface area contributed by atoms with Gasteiger partial charge in [0.2, 0.25) is 0 Å². The van der Waals surface area contributed by atoms with Crippen LogP contribution < -0.4 is 0 Å². The second-order valence-corrected chi connectivity index (χ2v) is 7.00. The molecule has 6 heteroatoms. The van der Waals surface area contributed by atoms with Gasteiger partial charge in [0, 0.05) is 13.1 Å². The molecule has 6 nitrogen and oxygen atoms in total. The summed E-state index contributed by atoms with van der Waals surface area (Å²) in [4.78, 5) is 25.1. The molecule has 1 aliphatic rings. The van der Waals surface area contributed by atoms with E-state index in [1.807, 2.05) is 6.20 Å². The first-order chi connectivity index (χ1) is 11.3. The van der Waals surface area contributed by atoms with Crippen LogP contribution >= 0.6 is 0 Å². The topological polar surface area (TPSA) is 72.7 Å². The van der Waals surface area contributed by atoms with Crippen LogP contribution in [0.4, 0.5) is 5.69 Å². The Bertz CT molecular complexity index is 641. The number of esters is 1. The van der Waals surface area contributed by atoms with Crippen molar-refractivity contribution >= 4 is 17.7 Å². The highest BCUT2D eigenvalue weighted by Crippen LogP contribution is 2.27. The third-order valence-corrected chi connectivity index (χ3v) is 3.91. The molecular weight excluding hydrogens is 308 g/mol. The molecule has 0 aliphatic carbocycles. The van der Waals surface area contributed by atoms with Gasteiger partial charge in [-0.05, 0) is 58.0 Å². The van der Waals surface area contributed by atoms with Crippen molar-refractivity contribution in [1.29, 1.82) is 0 Å². The summed E-state index contributed by atoms with van der Waals surface area (Å²) in [6.45, 7) is 7.11. The Hall–Kier alpha value is -2.37. The number of nitro benzene ring substituents is 1. The molecule has 130 valence electrons. The van der Waals surface area contributed by atoms with E-state index in [0.29, 0.717) is 11.1 Å². The van der Waals surface area contributed by atoms with Crippen molar-refractivity contribution in [3.05, 3.63) is 45.6 Å². The van der Waals surface area contributed by atoms with Gasteiger partial charge in [-0.2, -0.15) is 0 Å². The zero-order chi connectivity index (χ0) is 17.7. The monoisotopic (exact) mass is 332 g/mol. The van der Waals surface area contributed by atoms with Crippen LogP contribution in [0.25, 0.3) is 6.08 Å². The molecule has 24 heavy (non-hydrogen) atoms. The van der Waals surface area contributed by atoms with E-state index in [9.17, 15) is 14.9 Å². The molecule has 1 saturated heterocycles. The lowest BCUT2D eigenvalue weighted by Gasteiger charge is -2.16. The van der Waals surface area contributed by atoms with Crippen molar-refractivity contribution in [2.75, 3.05) is 13.1 Å². The summed E-state index contributed by atoms with van der Waals surface area (Å²) in [6.07, 6.45) is 5.96. The molecule has 1 fully saturated rings. The van der Waals surface area contributed by atoms with Gasteiger partial charge in [0.05, 0.1) is 21.5 Å². The lowest BCUT2D eigenvalue weighted by Crippen LogP contribution is -2.22. The van der Waals surface area contributed by atoms with Gasteiger partial charge in [0.25, 0.3) is 5.69 Å². The number of hydrogen-bond donors (Lipinski definition) is 0. The lowest BCUT2D eigenvalue weighted by atomic mass is 9.97. The average Bonchev–Trinajstić information content (AvgIpc) is 3.02. The van der Waals surface area contributed by atoms with E-state index in [1.54, 1.807) is 45.0 Å². The first kappa shape index (κ1) is 18.0. The normalized spacial score (nSPS) is 15.0. The predicted octanol–water partition coefficient (Wildman–Crippen LogP) is 3.75. The Balaban J connectivity index is 2.20. The van der Waals surface area contributed by atoms with Crippen LogP contribution in [0, 0.1) is 15.5 Å². The summed E-state index contributed by atoms with van der Waals surface area (Å²) in [6, 6.07) is 5.08. The highest BCUT2D eigenvalue weighted by Gasteiger charge is 2.25. The van der Waals surface area contributed by atoms with Crippen molar-refractivity contribution in [2.45, 2.75) is 40.2 Å². The van der Waals surface area contributed by atoms with E-state index >= 15 is 0 Å². The largest absolute Gasteiger partial charge is 0.460 e. The number of para-hydroxylation sites is 1. The number of carbonyl (C=O) groups excluding carboxylic acids is 1. The fourth-order valence-corrected chi connectivity index (χ4v) is 2.52. The number of benzene rings is 1. The van der Waals surface area contributed by atoms with E-state index in [1.165, 1.54) is 0 Å². The van der Waals surface area contributed by atoms with Gasteiger partial charge in [-0.1, -0.05) is 6.07 Å². The van der Waals surface area contributed by atoms with Crippen LogP contribution in [0.3, 0.4) is 0 Å². The number of carbonyl (C=O) groups is 1. The quantitative estimate of drug-likeness (QED) is 0.466. The standard InChI is InChI=1S/C18H24N2O4/c1-18(2,3)17(21)24-13-15-8-6-7-14(16(15)20(22)23)9-12-19-10-4-5-11-19/h6-9,12H,4-5,10-11,13H2,1-3H3/b12-9+. The summed E-state index contributed by atoms with van der Waals surface area (Å²) >= 11 is 0. The molecule has 0 atom stereocenters. The highest BCUT2D eigenvalue weighted by molar-refractivity contribution is 5.75. The Morgan fingerprint density at radius 3 is 2.58 bits per heavy atom. The zero-order valence-corrected chi connectivity index (χ0v) is 14.4. The van der Waals surface area contributed by atoms with Crippen molar-refractivity contribution < 1.29 is 14.5 Å². The smallest absolute Gasteiger partial charge is 0.311 e. The number of ether oxygens (including phenoxy) is 1. The molecule has 2 rings (SSSR count). The summed E-state index contributed by atoms with van der Waals surface area (Å²) in [5.74, 6) is -0.380. The Kier molecular flexibility index (Phi) is 5.59. The number of hydrogen-bond acceptors (Lipinski definition) is 5. The Labute approximate surface area is 142 Å². The zero-order valence-electron chi connectivity index (χ0n) is 14.4. The second kappa shape index (κ2) is 7.47. The second-order valence-electron chi connectivity index (χ2n) is 7.00. The first-order valence-electron chi connectivity index (χ1n) is 8.15. The van der Waals surface area contributed by atoms with Gasteiger partial charge in [0.15, 0.2) is 0 Å². The summed E-state index contributed by atoms with van der Waals surface area (Å²) in [5, 5.41) is 11.5. The van der Waals surface area contributed by atoms with Gasteiger partial charge in [0.1, 0.15) is 6.61 Å². The predicted molar refractivity (Wildman–Crippen MR) is 92.2 cm³/mol. The maximum Gasteiger partial charge on any atom is 0.311 e. The molecule has 0 saturated carbocycles. The Morgan fingerprint density at radius 1 is 1.33 bits per heavy atom. The van der Waals surface area contributed by atoms with Crippen molar-refractivity contribution in [3.63, 3.8) is 0 Å². The average molecular weight is 332 g/mol. The molecule has 1 aromatic rings. The lowest BCUT2D eigenvalue weighted by molar-refractivity contribution is -0.386.